The first kappa shape index (κ1) is 24.5. The fraction of sp³-hybridized carbons (Fsp3) is 0.250. The Morgan fingerprint density at radius 2 is 1.94 bits per heavy atom. The molecule has 182 valence electrons. The molecule has 1 fully saturated rings. The second kappa shape index (κ2) is 9.94. The van der Waals surface area contributed by atoms with Gasteiger partial charge in [0.25, 0.3) is 11.8 Å². The number of nitrogens with zero attached hydrogens (tertiary/aromatic N) is 2. The van der Waals surface area contributed by atoms with E-state index in [2.05, 4.69) is 27.9 Å². The average Bonchev–Trinajstić information content (AvgIpc) is 3.29. The molecule has 1 N–H and O–H groups in total. The van der Waals surface area contributed by atoms with Crippen LogP contribution in [0.25, 0.3) is 6.08 Å². The van der Waals surface area contributed by atoms with Gasteiger partial charge in [0.2, 0.25) is 18.4 Å². The van der Waals surface area contributed by atoms with Gasteiger partial charge < -0.3 is 19.1 Å². The summed E-state index contributed by atoms with van der Waals surface area (Å²) in [5, 5.41) is 2.23. The standard InChI is InChI=1S/C24H22IN3O7/c1-13(29)27(2)9-8-14-10-19-21(35-12-34-19)20(33-3)17(14)11-18-22(30)26-24(32)28(23(18)31)16-6-4-15(25)5-7-16/h4-7,10-11H,8-9,12H2,1-3H3,(H,26,30,32)/b18-11+. The summed E-state index contributed by atoms with van der Waals surface area (Å²) in [5.74, 6) is -0.617. The molecule has 5 amide bonds. The summed E-state index contributed by atoms with van der Waals surface area (Å²) in [4.78, 5) is 52.8. The van der Waals surface area contributed by atoms with Gasteiger partial charge in [-0.15, -0.1) is 0 Å². The first-order valence-electron chi connectivity index (χ1n) is 10.6. The number of likely N-dealkylation sites (N-methyl/N-ethyl adjacent to an activating group) is 1. The van der Waals surface area contributed by atoms with Crippen molar-refractivity contribution in [2.75, 3.05) is 32.4 Å². The third-order valence-electron chi connectivity index (χ3n) is 5.68. The van der Waals surface area contributed by atoms with Crippen molar-refractivity contribution in [3.8, 4) is 17.2 Å². The van der Waals surface area contributed by atoms with Crippen molar-refractivity contribution in [1.29, 1.82) is 0 Å². The van der Waals surface area contributed by atoms with Crippen LogP contribution in [0.4, 0.5) is 10.5 Å². The zero-order valence-electron chi connectivity index (χ0n) is 19.2. The molecule has 2 aromatic rings. The molecule has 0 unspecified atom stereocenters. The molecule has 2 aliphatic heterocycles. The monoisotopic (exact) mass is 591 g/mol. The number of imide groups is 2. The molecule has 35 heavy (non-hydrogen) atoms. The molecule has 0 atom stereocenters. The lowest BCUT2D eigenvalue weighted by Gasteiger charge is -2.26. The summed E-state index contributed by atoms with van der Waals surface area (Å²) < 4.78 is 17.6. The molecule has 4 rings (SSSR count). The minimum absolute atomic E-state index is 0.00693. The van der Waals surface area contributed by atoms with E-state index in [0.29, 0.717) is 41.3 Å². The Labute approximate surface area is 214 Å². The Morgan fingerprint density at radius 3 is 2.60 bits per heavy atom. The van der Waals surface area contributed by atoms with Crippen LogP contribution in [0.15, 0.2) is 35.9 Å². The van der Waals surface area contributed by atoms with Crippen LogP contribution in [0, 0.1) is 3.57 Å². The Balaban J connectivity index is 1.80. The number of hydrogen-bond donors (Lipinski definition) is 1. The number of barbiturate groups is 1. The second-order valence-electron chi connectivity index (χ2n) is 7.84. The van der Waals surface area contributed by atoms with Gasteiger partial charge in [-0.25, -0.2) is 9.69 Å². The van der Waals surface area contributed by atoms with Gasteiger partial charge >= 0.3 is 6.03 Å². The van der Waals surface area contributed by atoms with Gasteiger partial charge in [-0.3, -0.25) is 19.7 Å². The highest BCUT2D eigenvalue weighted by molar-refractivity contribution is 14.1. The maximum Gasteiger partial charge on any atom is 0.335 e. The molecule has 11 heteroatoms. The second-order valence-corrected chi connectivity index (χ2v) is 9.09. The lowest BCUT2D eigenvalue weighted by molar-refractivity contribution is -0.127. The zero-order chi connectivity index (χ0) is 25.3. The van der Waals surface area contributed by atoms with Gasteiger partial charge in [0.1, 0.15) is 5.57 Å². The van der Waals surface area contributed by atoms with Gasteiger partial charge in [0, 0.05) is 29.6 Å². The number of amides is 5. The Hall–Kier alpha value is -3.61. The molecule has 0 radical (unpaired) electrons. The summed E-state index contributed by atoms with van der Waals surface area (Å²) in [6, 6.07) is 7.65. The van der Waals surface area contributed by atoms with Gasteiger partial charge in [0.15, 0.2) is 11.5 Å². The van der Waals surface area contributed by atoms with Crippen molar-refractivity contribution in [3.05, 3.63) is 50.6 Å². The van der Waals surface area contributed by atoms with Crippen LogP contribution < -0.4 is 24.4 Å². The number of fused-ring (bicyclic) bond motifs is 1. The maximum atomic E-state index is 13.4. The van der Waals surface area contributed by atoms with Crippen molar-refractivity contribution < 1.29 is 33.4 Å². The fourth-order valence-electron chi connectivity index (χ4n) is 3.72. The molecule has 2 heterocycles. The van der Waals surface area contributed by atoms with E-state index in [-0.39, 0.29) is 24.0 Å². The molecule has 0 saturated carbocycles. The topological polar surface area (TPSA) is 114 Å². The van der Waals surface area contributed by atoms with Crippen molar-refractivity contribution in [1.82, 2.24) is 10.2 Å². The zero-order valence-corrected chi connectivity index (χ0v) is 21.4. The maximum absolute atomic E-state index is 13.4. The number of halogens is 1. The molecule has 10 nitrogen and oxygen atoms in total. The first-order chi connectivity index (χ1) is 16.7. The van der Waals surface area contributed by atoms with Gasteiger partial charge in [-0.2, -0.15) is 0 Å². The molecule has 2 aromatic carbocycles. The lowest BCUT2D eigenvalue weighted by Crippen LogP contribution is -2.54. The number of anilines is 1. The number of urea groups is 1. The Kier molecular flexibility index (Phi) is 6.96. The highest BCUT2D eigenvalue weighted by Crippen LogP contribution is 2.46. The lowest BCUT2D eigenvalue weighted by atomic mass is 9.98. The van der Waals surface area contributed by atoms with Crippen LogP contribution in [0.1, 0.15) is 18.1 Å². The largest absolute Gasteiger partial charge is 0.492 e. The highest BCUT2D eigenvalue weighted by atomic mass is 127. The summed E-state index contributed by atoms with van der Waals surface area (Å²) in [6.45, 7) is 1.83. The van der Waals surface area contributed by atoms with Crippen LogP contribution in [-0.2, 0) is 20.8 Å². The summed E-state index contributed by atoms with van der Waals surface area (Å²) in [5.41, 5.74) is 1.17. The van der Waals surface area contributed by atoms with Gasteiger partial charge in [-0.05, 0) is 71.0 Å². The van der Waals surface area contributed by atoms with E-state index in [9.17, 15) is 19.2 Å². The number of nitrogens with one attached hydrogen (secondary N) is 1. The van der Waals surface area contributed by atoms with E-state index < -0.39 is 17.8 Å². The number of ether oxygens (including phenoxy) is 3. The molecular formula is C24H22IN3O7. The van der Waals surface area contributed by atoms with Crippen molar-refractivity contribution in [3.63, 3.8) is 0 Å². The molecule has 0 aliphatic carbocycles. The molecule has 2 aliphatic rings. The number of carbonyl (C=O) groups excluding carboxylic acids is 4. The number of benzene rings is 2. The normalized spacial score (nSPS) is 15.9. The highest BCUT2D eigenvalue weighted by Gasteiger charge is 2.37. The van der Waals surface area contributed by atoms with Crippen molar-refractivity contribution in [2.24, 2.45) is 0 Å². The van der Waals surface area contributed by atoms with Crippen LogP contribution in [0.3, 0.4) is 0 Å². The van der Waals surface area contributed by atoms with Crippen molar-refractivity contribution in [2.45, 2.75) is 13.3 Å². The predicted molar refractivity (Wildman–Crippen MR) is 134 cm³/mol. The van der Waals surface area contributed by atoms with E-state index in [4.69, 9.17) is 14.2 Å². The van der Waals surface area contributed by atoms with Crippen LogP contribution in [0.2, 0.25) is 0 Å². The molecule has 0 aromatic heterocycles. The van der Waals surface area contributed by atoms with Gasteiger partial charge in [0.05, 0.1) is 12.8 Å². The fourth-order valence-corrected chi connectivity index (χ4v) is 4.08. The summed E-state index contributed by atoms with van der Waals surface area (Å²) >= 11 is 2.11. The van der Waals surface area contributed by atoms with E-state index >= 15 is 0 Å². The number of rotatable bonds is 6. The number of carbonyl (C=O) groups is 4. The van der Waals surface area contributed by atoms with Crippen LogP contribution in [-0.4, -0.2) is 56.1 Å². The third kappa shape index (κ3) is 4.81. The minimum Gasteiger partial charge on any atom is -0.492 e. The summed E-state index contributed by atoms with van der Waals surface area (Å²) in [7, 11) is 3.11. The summed E-state index contributed by atoms with van der Waals surface area (Å²) in [6.07, 6.45) is 1.77. The molecule has 1 saturated heterocycles. The quantitative estimate of drug-likeness (QED) is 0.312. The average molecular weight is 591 g/mol. The molecular weight excluding hydrogens is 569 g/mol. The van der Waals surface area contributed by atoms with Gasteiger partial charge in [-0.1, -0.05) is 0 Å². The molecule has 0 spiro atoms. The third-order valence-corrected chi connectivity index (χ3v) is 6.40. The van der Waals surface area contributed by atoms with Crippen LogP contribution >= 0.6 is 22.6 Å². The van der Waals surface area contributed by atoms with Crippen LogP contribution in [0.5, 0.6) is 17.2 Å². The minimum atomic E-state index is -0.834. The van der Waals surface area contributed by atoms with E-state index in [1.807, 2.05) is 0 Å². The first-order valence-corrected chi connectivity index (χ1v) is 11.7. The predicted octanol–water partition coefficient (Wildman–Crippen LogP) is 2.72. The number of hydrogen-bond acceptors (Lipinski definition) is 7. The Morgan fingerprint density at radius 1 is 1.23 bits per heavy atom. The van der Waals surface area contributed by atoms with E-state index in [1.165, 1.54) is 20.1 Å². The van der Waals surface area contributed by atoms with E-state index in [1.54, 1.807) is 42.3 Å². The molecule has 0 bridgehead atoms. The Bertz CT molecular complexity index is 1260. The SMILES string of the molecule is COc1c(/C=C2\C(=O)NC(=O)N(c3ccc(I)cc3)C2=O)c(CCN(C)C(C)=O)cc2c1OCO2. The smallest absolute Gasteiger partial charge is 0.335 e. The van der Waals surface area contributed by atoms with E-state index in [0.717, 1.165) is 8.47 Å². The number of methoxy groups -OCH3 is 1. The van der Waals surface area contributed by atoms with Crippen molar-refractivity contribution >= 4 is 58.1 Å².